The molecule has 1 aliphatic rings. The zero-order chi connectivity index (χ0) is 30.8. The second-order valence-corrected chi connectivity index (χ2v) is 8.90. The number of hydrogen-bond acceptors (Lipinski definition) is 11. The van der Waals surface area contributed by atoms with Crippen LogP contribution in [0.25, 0.3) is 6.08 Å². The van der Waals surface area contributed by atoms with Gasteiger partial charge in [0.05, 0.1) is 17.1 Å². The normalized spacial score (nSPS) is 11.9. The van der Waals surface area contributed by atoms with E-state index in [1.54, 1.807) is 37.4 Å². The number of amides is 1. The fourth-order valence-corrected chi connectivity index (χ4v) is 3.85. The zero-order valence-electron chi connectivity index (χ0n) is 23.1. The molecule has 0 spiro atoms. The molecule has 0 unspecified atom stereocenters. The third kappa shape index (κ3) is 8.27. The minimum absolute atomic E-state index is 0.00960. The van der Waals surface area contributed by atoms with E-state index in [-0.39, 0.29) is 24.0 Å². The van der Waals surface area contributed by atoms with E-state index in [2.05, 4.69) is 15.3 Å². The van der Waals surface area contributed by atoms with Crippen LogP contribution in [0.15, 0.2) is 79.1 Å². The van der Waals surface area contributed by atoms with Crippen LogP contribution >= 0.6 is 0 Å². The lowest BCUT2D eigenvalue weighted by Gasteiger charge is -2.18. The summed E-state index contributed by atoms with van der Waals surface area (Å²) in [5.41, 5.74) is 13.4. The van der Waals surface area contributed by atoms with Gasteiger partial charge in [-0.25, -0.2) is 14.8 Å². The number of nitrogen functional groups attached to an aromatic ring is 2. The number of carbonyl (C=O) groups excluding carboxylic acids is 2. The Morgan fingerprint density at radius 2 is 1.58 bits per heavy atom. The summed E-state index contributed by atoms with van der Waals surface area (Å²) in [7, 11) is 0. The molecule has 0 saturated heterocycles. The Kier molecular flexibility index (Phi) is 9.82. The van der Waals surface area contributed by atoms with E-state index in [4.69, 9.17) is 25.7 Å². The van der Waals surface area contributed by atoms with E-state index >= 15 is 0 Å². The SMILES string of the molecule is CCOC(=O)/C=C/c1c(Oc2ccc([N+](=O)[O-])cc2)ccnc1N.Nc1ccc(Oc2ccnc3c2CCC(=O)N3)cc1. The van der Waals surface area contributed by atoms with Gasteiger partial charge in [-0.3, -0.25) is 14.9 Å². The summed E-state index contributed by atoms with van der Waals surface area (Å²) in [5, 5.41) is 13.4. The Morgan fingerprint density at radius 3 is 2.26 bits per heavy atom. The fraction of sp³-hybridized carbons (Fsp3) is 0.133. The molecule has 13 heteroatoms. The maximum atomic E-state index is 11.4. The smallest absolute Gasteiger partial charge is 0.330 e. The summed E-state index contributed by atoms with van der Waals surface area (Å²) >= 11 is 0. The standard InChI is InChI=1S/C16H15N3O5.C14H13N3O2/c1-2-23-15(20)8-7-13-14(9-10-18-16(13)17)24-12-5-3-11(4-6-12)19(21)22;15-9-1-3-10(4-2-9)19-12-7-8-16-14-11(12)5-6-13(18)17-14/h3-10H,2H2,1H3,(H2,17,18);1-4,7-8H,5-6,15H2,(H,16,17,18)/b8-7+;. The summed E-state index contributed by atoms with van der Waals surface area (Å²) in [6.07, 6.45) is 6.84. The van der Waals surface area contributed by atoms with E-state index < -0.39 is 10.9 Å². The van der Waals surface area contributed by atoms with E-state index in [0.29, 0.717) is 47.2 Å². The molecule has 1 aliphatic heterocycles. The van der Waals surface area contributed by atoms with Gasteiger partial charge in [0.1, 0.15) is 34.6 Å². The molecule has 43 heavy (non-hydrogen) atoms. The summed E-state index contributed by atoms with van der Waals surface area (Å²) < 4.78 is 16.3. The lowest BCUT2D eigenvalue weighted by molar-refractivity contribution is -0.384. The molecule has 13 nitrogen and oxygen atoms in total. The highest BCUT2D eigenvalue weighted by atomic mass is 16.6. The van der Waals surface area contributed by atoms with Crippen molar-refractivity contribution >= 4 is 41.0 Å². The van der Waals surface area contributed by atoms with Crippen molar-refractivity contribution in [3.63, 3.8) is 0 Å². The number of non-ortho nitro benzene ring substituents is 1. The number of nitrogens with two attached hydrogens (primary N) is 2. The van der Waals surface area contributed by atoms with Crippen molar-refractivity contribution < 1.29 is 28.7 Å². The van der Waals surface area contributed by atoms with Crippen molar-refractivity contribution in [3.05, 3.63) is 100 Å². The van der Waals surface area contributed by atoms with Gasteiger partial charge in [0, 0.05) is 48.3 Å². The second kappa shape index (κ2) is 14.1. The molecule has 5 N–H and O–H groups in total. The number of benzene rings is 2. The highest BCUT2D eigenvalue weighted by Crippen LogP contribution is 2.33. The molecule has 2 aromatic heterocycles. The molecule has 4 aromatic rings. The van der Waals surface area contributed by atoms with Crippen molar-refractivity contribution in [1.29, 1.82) is 0 Å². The first-order chi connectivity index (χ1) is 20.7. The van der Waals surface area contributed by atoms with Gasteiger partial charge in [-0.2, -0.15) is 0 Å². The molecule has 220 valence electrons. The lowest BCUT2D eigenvalue weighted by atomic mass is 10.1. The molecular formula is C30H28N6O7. The lowest BCUT2D eigenvalue weighted by Crippen LogP contribution is -2.20. The molecule has 0 atom stereocenters. The van der Waals surface area contributed by atoms with E-state index in [9.17, 15) is 19.7 Å². The van der Waals surface area contributed by atoms with E-state index in [0.717, 1.165) is 11.3 Å². The van der Waals surface area contributed by atoms with Gasteiger partial charge in [0.2, 0.25) is 5.91 Å². The largest absolute Gasteiger partial charge is 0.463 e. The number of esters is 1. The first-order valence-corrected chi connectivity index (χ1v) is 13.1. The molecular weight excluding hydrogens is 556 g/mol. The summed E-state index contributed by atoms with van der Waals surface area (Å²) in [6.45, 7) is 1.96. The Balaban J connectivity index is 0.000000202. The third-order valence-corrected chi connectivity index (χ3v) is 5.91. The molecule has 0 bridgehead atoms. The number of hydrogen-bond donors (Lipinski definition) is 3. The Hall–Kier alpha value is -5.98. The maximum Gasteiger partial charge on any atom is 0.330 e. The van der Waals surface area contributed by atoms with Crippen LogP contribution in [0.2, 0.25) is 0 Å². The van der Waals surface area contributed by atoms with Crippen LogP contribution in [0, 0.1) is 10.1 Å². The average Bonchev–Trinajstić information content (AvgIpc) is 2.99. The number of pyridine rings is 2. The summed E-state index contributed by atoms with van der Waals surface area (Å²) in [5.74, 6) is 2.41. The van der Waals surface area contributed by atoms with E-state index in [1.807, 2.05) is 12.1 Å². The quantitative estimate of drug-likeness (QED) is 0.0801. The van der Waals surface area contributed by atoms with E-state index in [1.165, 1.54) is 42.6 Å². The molecule has 0 saturated carbocycles. The van der Waals surface area contributed by atoms with Gasteiger partial charge in [0.25, 0.3) is 5.69 Å². The van der Waals surface area contributed by atoms with Crippen molar-refractivity contribution in [2.75, 3.05) is 23.4 Å². The van der Waals surface area contributed by atoms with Gasteiger partial charge in [-0.1, -0.05) is 0 Å². The number of anilines is 3. The van der Waals surface area contributed by atoms with Gasteiger partial charge in [0.15, 0.2) is 0 Å². The fourth-order valence-electron chi connectivity index (χ4n) is 3.85. The van der Waals surface area contributed by atoms with Crippen LogP contribution < -0.4 is 26.3 Å². The summed E-state index contributed by atoms with van der Waals surface area (Å²) in [4.78, 5) is 41.0. The Labute approximate surface area is 246 Å². The number of nitro benzene ring substituents is 1. The topological polar surface area (TPSA) is 195 Å². The van der Waals surface area contributed by atoms with Gasteiger partial charge in [-0.05, 0) is 68.0 Å². The first kappa shape index (κ1) is 30.0. The zero-order valence-corrected chi connectivity index (χ0v) is 23.1. The predicted molar refractivity (Wildman–Crippen MR) is 160 cm³/mol. The van der Waals surface area contributed by atoms with Gasteiger partial charge in [-0.15, -0.1) is 0 Å². The molecule has 5 rings (SSSR count). The van der Waals surface area contributed by atoms with Crippen molar-refractivity contribution in [3.8, 4) is 23.0 Å². The first-order valence-electron chi connectivity index (χ1n) is 13.1. The highest BCUT2D eigenvalue weighted by molar-refractivity contribution is 5.93. The number of nitro groups is 1. The van der Waals surface area contributed by atoms with Crippen molar-refractivity contribution in [1.82, 2.24) is 9.97 Å². The second-order valence-electron chi connectivity index (χ2n) is 8.90. The molecule has 1 amide bonds. The summed E-state index contributed by atoms with van der Waals surface area (Å²) in [6, 6.07) is 16.1. The monoisotopic (exact) mass is 584 g/mol. The minimum atomic E-state index is -0.512. The van der Waals surface area contributed by atoms with Crippen LogP contribution in [0.4, 0.5) is 23.0 Å². The molecule has 0 radical (unpaired) electrons. The number of ether oxygens (including phenoxy) is 3. The van der Waals surface area contributed by atoms with Crippen molar-refractivity contribution in [2.24, 2.45) is 0 Å². The predicted octanol–water partition coefficient (Wildman–Crippen LogP) is 5.28. The van der Waals surface area contributed by atoms with Crippen LogP contribution in [-0.4, -0.2) is 33.4 Å². The van der Waals surface area contributed by atoms with Crippen LogP contribution in [0.3, 0.4) is 0 Å². The number of aromatic nitrogens is 2. The number of nitrogens with one attached hydrogen (secondary N) is 1. The highest BCUT2D eigenvalue weighted by Gasteiger charge is 2.20. The average molecular weight is 585 g/mol. The number of nitrogens with zero attached hydrogens (tertiary/aromatic N) is 3. The molecule has 0 aliphatic carbocycles. The molecule has 2 aromatic carbocycles. The van der Waals surface area contributed by atoms with Crippen LogP contribution in [0.1, 0.15) is 24.5 Å². The van der Waals surface area contributed by atoms with Gasteiger partial charge >= 0.3 is 5.97 Å². The number of fused-ring (bicyclic) bond motifs is 1. The van der Waals surface area contributed by atoms with Crippen LogP contribution in [-0.2, 0) is 20.7 Å². The molecule has 0 fully saturated rings. The van der Waals surface area contributed by atoms with Crippen molar-refractivity contribution in [2.45, 2.75) is 19.8 Å². The number of rotatable bonds is 8. The number of carbonyl (C=O) groups is 2. The third-order valence-electron chi connectivity index (χ3n) is 5.91. The maximum absolute atomic E-state index is 11.4. The minimum Gasteiger partial charge on any atom is -0.463 e. The molecule has 3 heterocycles. The Morgan fingerprint density at radius 1 is 0.953 bits per heavy atom. The van der Waals surface area contributed by atoms with Gasteiger partial charge < -0.3 is 31.0 Å². The Bertz CT molecular complexity index is 1640. The van der Waals surface area contributed by atoms with Crippen LogP contribution in [0.5, 0.6) is 23.0 Å².